The SMILES string of the molecule is C=C(C)C(=O)OC(C)COC(=O)N(CCCl)CCCl. The molecule has 0 heterocycles. The summed E-state index contributed by atoms with van der Waals surface area (Å²) in [4.78, 5) is 24.3. The number of carbonyl (C=O) groups is 2. The Morgan fingerprint density at radius 2 is 1.79 bits per heavy atom. The summed E-state index contributed by atoms with van der Waals surface area (Å²) in [5.74, 6) is 0.0835. The lowest BCUT2D eigenvalue weighted by Gasteiger charge is -2.21. The summed E-state index contributed by atoms with van der Waals surface area (Å²) in [7, 11) is 0. The molecule has 0 aliphatic heterocycles. The van der Waals surface area contributed by atoms with E-state index in [9.17, 15) is 9.59 Å². The van der Waals surface area contributed by atoms with Crippen molar-refractivity contribution in [3.05, 3.63) is 12.2 Å². The molecule has 0 saturated carbocycles. The van der Waals surface area contributed by atoms with Crippen molar-refractivity contribution in [1.29, 1.82) is 0 Å². The van der Waals surface area contributed by atoms with E-state index in [0.29, 0.717) is 30.4 Å². The first-order valence-electron chi connectivity index (χ1n) is 5.82. The van der Waals surface area contributed by atoms with Crippen molar-refractivity contribution in [2.75, 3.05) is 31.5 Å². The van der Waals surface area contributed by atoms with E-state index in [0.717, 1.165) is 0 Å². The molecule has 0 aromatic carbocycles. The van der Waals surface area contributed by atoms with Crippen LogP contribution < -0.4 is 0 Å². The zero-order chi connectivity index (χ0) is 14.8. The van der Waals surface area contributed by atoms with Gasteiger partial charge in [0.25, 0.3) is 0 Å². The first-order chi connectivity index (χ1) is 8.92. The maximum absolute atomic E-state index is 11.7. The van der Waals surface area contributed by atoms with Gasteiger partial charge in [0, 0.05) is 30.4 Å². The lowest BCUT2D eigenvalue weighted by molar-refractivity contribution is -0.145. The molecule has 0 radical (unpaired) electrons. The molecule has 1 atom stereocenters. The van der Waals surface area contributed by atoms with Crippen LogP contribution in [-0.4, -0.2) is 54.5 Å². The monoisotopic (exact) mass is 311 g/mol. The van der Waals surface area contributed by atoms with E-state index in [1.54, 1.807) is 13.8 Å². The fraction of sp³-hybridized carbons (Fsp3) is 0.667. The summed E-state index contributed by atoms with van der Waals surface area (Å²) in [6, 6.07) is 0. The summed E-state index contributed by atoms with van der Waals surface area (Å²) in [6.45, 7) is 7.31. The second kappa shape index (κ2) is 9.92. The van der Waals surface area contributed by atoms with Gasteiger partial charge in [-0.15, -0.1) is 23.2 Å². The maximum Gasteiger partial charge on any atom is 0.409 e. The van der Waals surface area contributed by atoms with Crippen LogP contribution in [0.5, 0.6) is 0 Å². The fourth-order valence-corrected chi connectivity index (χ4v) is 1.50. The van der Waals surface area contributed by atoms with Gasteiger partial charge in [0.05, 0.1) is 0 Å². The van der Waals surface area contributed by atoms with Crippen LogP contribution in [0, 0.1) is 0 Å². The molecule has 1 amide bonds. The zero-order valence-electron chi connectivity index (χ0n) is 11.2. The van der Waals surface area contributed by atoms with Crippen LogP contribution in [0.4, 0.5) is 4.79 Å². The molecule has 0 rings (SSSR count). The van der Waals surface area contributed by atoms with E-state index in [1.165, 1.54) is 4.90 Å². The van der Waals surface area contributed by atoms with Gasteiger partial charge < -0.3 is 14.4 Å². The number of carbonyl (C=O) groups excluding carboxylic acids is 2. The quantitative estimate of drug-likeness (QED) is 0.392. The standard InChI is InChI=1S/C12H19Cl2NO4/c1-9(2)11(16)19-10(3)8-18-12(17)15(6-4-13)7-5-14/h10H,1,4-8H2,2-3H3. The number of amides is 1. The van der Waals surface area contributed by atoms with Crippen molar-refractivity contribution in [1.82, 2.24) is 4.90 Å². The lowest BCUT2D eigenvalue weighted by atomic mass is 10.3. The molecule has 0 bridgehead atoms. The molecule has 0 spiro atoms. The minimum absolute atomic E-state index is 0.0288. The Bertz CT molecular complexity index is 317. The normalized spacial score (nSPS) is 11.6. The van der Waals surface area contributed by atoms with E-state index in [2.05, 4.69) is 6.58 Å². The Kier molecular flexibility index (Phi) is 9.43. The van der Waals surface area contributed by atoms with E-state index < -0.39 is 18.2 Å². The third kappa shape index (κ3) is 7.95. The third-order valence-corrected chi connectivity index (χ3v) is 2.40. The Morgan fingerprint density at radius 1 is 1.26 bits per heavy atom. The van der Waals surface area contributed by atoms with Gasteiger partial charge in [0.1, 0.15) is 12.7 Å². The van der Waals surface area contributed by atoms with Gasteiger partial charge in [-0.1, -0.05) is 6.58 Å². The second-order valence-electron chi connectivity index (χ2n) is 3.94. The van der Waals surface area contributed by atoms with Crippen molar-refractivity contribution >= 4 is 35.3 Å². The van der Waals surface area contributed by atoms with Gasteiger partial charge in [-0.2, -0.15) is 0 Å². The number of hydrogen-bond donors (Lipinski definition) is 0. The van der Waals surface area contributed by atoms with Gasteiger partial charge in [-0.3, -0.25) is 0 Å². The number of hydrogen-bond acceptors (Lipinski definition) is 4. The second-order valence-corrected chi connectivity index (χ2v) is 4.69. The smallest absolute Gasteiger partial charge is 0.409 e. The Morgan fingerprint density at radius 3 is 2.21 bits per heavy atom. The lowest BCUT2D eigenvalue weighted by Crippen LogP contribution is -2.36. The first kappa shape index (κ1) is 18.1. The minimum Gasteiger partial charge on any atom is -0.456 e. The molecule has 7 heteroatoms. The summed E-state index contributed by atoms with van der Waals surface area (Å²) in [5.41, 5.74) is 0.295. The molecule has 0 aliphatic carbocycles. The number of alkyl halides is 2. The van der Waals surface area contributed by atoms with Crippen molar-refractivity contribution in [3.63, 3.8) is 0 Å². The molecule has 0 aromatic heterocycles. The number of nitrogens with zero attached hydrogens (tertiary/aromatic N) is 1. The highest BCUT2D eigenvalue weighted by molar-refractivity contribution is 6.18. The van der Waals surface area contributed by atoms with E-state index >= 15 is 0 Å². The molecular formula is C12H19Cl2NO4. The topological polar surface area (TPSA) is 55.8 Å². The van der Waals surface area contributed by atoms with Gasteiger partial charge in [0.15, 0.2) is 0 Å². The Labute approximate surface area is 123 Å². The first-order valence-corrected chi connectivity index (χ1v) is 6.89. The molecule has 0 saturated heterocycles. The highest BCUT2D eigenvalue weighted by Crippen LogP contribution is 2.02. The predicted molar refractivity (Wildman–Crippen MR) is 74.7 cm³/mol. The average Bonchev–Trinajstić information content (AvgIpc) is 2.35. The molecule has 0 N–H and O–H groups in total. The number of rotatable bonds is 8. The predicted octanol–water partition coefficient (Wildman–Crippen LogP) is 2.41. The van der Waals surface area contributed by atoms with Crippen LogP contribution in [0.2, 0.25) is 0 Å². The van der Waals surface area contributed by atoms with E-state index in [4.69, 9.17) is 32.7 Å². The van der Waals surface area contributed by atoms with E-state index in [-0.39, 0.29) is 6.61 Å². The highest BCUT2D eigenvalue weighted by atomic mass is 35.5. The Hall–Kier alpha value is -0.940. The largest absolute Gasteiger partial charge is 0.456 e. The number of halogens is 2. The van der Waals surface area contributed by atoms with Gasteiger partial charge in [-0.25, -0.2) is 9.59 Å². The van der Waals surface area contributed by atoms with Crippen LogP contribution in [-0.2, 0) is 14.3 Å². The van der Waals surface area contributed by atoms with Crippen LogP contribution in [0.3, 0.4) is 0 Å². The molecule has 19 heavy (non-hydrogen) atoms. The minimum atomic E-state index is -0.540. The zero-order valence-corrected chi connectivity index (χ0v) is 12.7. The van der Waals surface area contributed by atoms with Gasteiger partial charge in [-0.05, 0) is 13.8 Å². The fourth-order valence-electron chi connectivity index (χ4n) is 1.10. The summed E-state index contributed by atoms with van der Waals surface area (Å²) >= 11 is 11.1. The average molecular weight is 312 g/mol. The van der Waals surface area contributed by atoms with Crippen molar-refractivity contribution < 1.29 is 19.1 Å². The third-order valence-electron chi connectivity index (χ3n) is 2.07. The summed E-state index contributed by atoms with van der Waals surface area (Å²) in [6.07, 6.45) is -1.07. The molecular weight excluding hydrogens is 293 g/mol. The van der Waals surface area contributed by atoms with Crippen LogP contribution in [0.25, 0.3) is 0 Å². The van der Waals surface area contributed by atoms with Crippen molar-refractivity contribution in [2.45, 2.75) is 20.0 Å². The molecule has 110 valence electrons. The molecule has 1 unspecified atom stereocenters. The number of ether oxygens (including phenoxy) is 2. The van der Waals surface area contributed by atoms with Crippen molar-refractivity contribution in [2.24, 2.45) is 0 Å². The molecule has 0 aliphatic rings. The van der Waals surface area contributed by atoms with E-state index in [1.807, 2.05) is 0 Å². The number of esters is 1. The van der Waals surface area contributed by atoms with Gasteiger partial charge in [0.2, 0.25) is 0 Å². The Balaban J connectivity index is 4.11. The van der Waals surface area contributed by atoms with Crippen molar-refractivity contribution in [3.8, 4) is 0 Å². The molecule has 5 nitrogen and oxygen atoms in total. The maximum atomic E-state index is 11.7. The van der Waals surface area contributed by atoms with Gasteiger partial charge >= 0.3 is 12.1 Å². The summed E-state index contributed by atoms with van der Waals surface area (Å²) < 4.78 is 9.99. The van der Waals surface area contributed by atoms with Crippen LogP contribution >= 0.6 is 23.2 Å². The van der Waals surface area contributed by atoms with Crippen LogP contribution in [0.1, 0.15) is 13.8 Å². The highest BCUT2D eigenvalue weighted by Gasteiger charge is 2.17. The van der Waals surface area contributed by atoms with Crippen LogP contribution in [0.15, 0.2) is 12.2 Å². The summed E-state index contributed by atoms with van der Waals surface area (Å²) in [5, 5.41) is 0. The molecule has 0 fully saturated rings. The molecule has 0 aromatic rings.